The lowest BCUT2D eigenvalue weighted by molar-refractivity contribution is 0.102. The number of para-hydroxylation sites is 1. The monoisotopic (exact) mass is 379 g/mol. The second-order valence-corrected chi connectivity index (χ2v) is 5.78. The summed E-state index contributed by atoms with van der Waals surface area (Å²) in [5.41, 5.74) is 1.96. The van der Waals surface area contributed by atoms with Crippen LogP contribution in [0, 0.1) is 0 Å². The summed E-state index contributed by atoms with van der Waals surface area (Å²) in [5.74, 6) is 2.00. The van der Waals surface area contributed by atoms with Crippen molar-refractivity contribution >= 4 is 23.1 Å². The number of methoxy groups -OCH3 is 3. The summed E-state index contributed by atoms with van der Waals surface area (Å²) in [4.78, 5) is 16.7. The van der Waals surface area contributed by atoms with Gasteiger partial charge in [-0.3, -0.25) is 4.79 Å². The minimum atomic E-state index is -0.289. The lowest BCUT2D eigenvalue weighted by atomic mass is 10.2. The third kappa shape index (κ3) is 4.32. The van der Waals surface area contributed by atoms with E-state index in [-0.39, 0.29) is 5.91 Å². The third-order valence-electron chi connectivity index (χ3n) is 4.04. The van der Waals surface area contributed by atoms with Gasteiger partial charge in [0.05, 0.1) is 44.5 Å². The molecule has 0 atom stereocenters. The minimum Gasteiger partial charge on any atom is -0.497 e. The fraction of sp³-hybridized carbons (Fsp3) is 0.143. The van der Waals surface area contributed by atoms with Gasteiger partial charge in [-0.1, -0.05) is 12.1 Å². The van der Waals surface area contributed by atoms with Gasteiger partial charge in [-0.2, -0.15) is 0 Å². The van der Waals surface area contributed by atoms with Crippen molar-refractivity contribution in [2.75, 3.05) is 32.0 Å². The third-order valence-corrected chi connectivity index (χ3v) is 4.04. The Bertz CT molecular complexity index is 958. The topological polar surface area (TPSA) is 81.7 Å². The van der Waals surface area contributed by atoms with Crippen LogP contribution in [0.1, 0.15) is 10.4 Å². The fourth-order valence-corrected chi connectivity index (χ4v) is 2.61. The summed E-state index contributed by atoms with van der Waals surface area (Å²) in [6.45, 7) is 0. The van der Waals surface area contributed by atoms with E-state index in [1.54, 1.807) is 50.7 Å². The van der Waals surface area contributed by atoms with Crippen molar-refractivity contribution in [1.29, 1.82) is 0 Å². The molecule has 28 heavy (non-hydrogen) atoms. The first-order valence-electron chi connectivity index (χ1n) is 8.54. The number of nitrogens with zero attached hydrogens (tertiary/aromatic N) is 1. The number of nitrogens with one attached hydrogen (secondary N) is 2. The number of benzene rings is 2. The largest absolute Gasteiger partial charge is 0.497 e. The molecule has 0 spiro atoms. The van der Waals surface area contributed by atoms with Crippen LogP contribution in [0.2, 0.25) is 0 Å². The van der Waals surface area contributed by atoms with Gasteiger partial charge in [0.1, 0.15) is 23.1 Å². The highest BCUT2D eigenvalue weighted by atomic mass is 16.5. The van der Waals surface area contributed by atoms with E-state index in [4.69, 9.17) is 14.2 Å². The van der Waals surface area contributed by atoms with Crippen LogP contribution in [0.4, 0.5) is 17.2 Å². The summed E-state index contributed by atoms with van der Waals surface area (Å²) in [5, 5.41) is 5.99. The van der Waals surface area contributed by atoms with E-state index in [1.165, 1.54) is 7.11 Å². The van der Waals surface area contributed by atoms with Crippen molar-refractivity contribution in [3.05, 3.63) is 66.4 Å². The Balaban J connectivity index is 1.71. The van der Waals surface area contributed by atoms with E-state index in [1.807, 2.05) is 24.3 Å². The van der Waals surface area contributed by atoms with Gasteiger partial charge in [0, 0.05) is 6.07 Å². The van der Waals surface area contributed by atoms with Crippen molar-refractivity contribution in [1.82, 2.24) is 4.98 Å². The highest BCUT2D eigenvalue weighted by Gasteiger charge is 2.12. The number of anilines is 3. The highest BCUT2D eigenvalue weighted by molar-refractivity contribution is 6.05. The summed E-state index contributed by atoms with van der Waals surface area (Å²) in [7, 11) is 4.72. The fourth-order valence-electron chi connectivity index (χ4n) is 2.61. The van der Waals surface area contributed by atoms with Gasteiger partial charge >= 0.3 is 0 Å². The maximum atomic E-state index is 12.4. The molecule has 3 aromatic rings. The molecule has 3 rings (SSSR count). The van der Waals surface area contributed by atoms with Crippen LogP contribution in [0.25, 0.3) is 0 Å². The predicted molar refractivity (Wildman–Crippen MR) is 108 cm³/mol. The molecule has 2 aromatic carbocycles. The summed E-state index contributed by atoms with van der Waals surface area (Å²) in [6.07, 6.45) is 1.63. The molecular weight excluding hydrogens is 358 g/mol. The van der Waals surface area contributed by atoms with Crippen LogP contribution < -0.4 is 24.8 Å². The molecule has 0 saturated carbocycles. The van der Waals surface area contributed by atoms with Crippen LogP contribution in [0.15, 0.2) is 60.8 Å². The molecule has 1 aromatic heterocycles. The molecule has 0 unspecified atom stereocenters. The van der Waals surface area contributed by atoms with Gasteiger partial charge in [0.15, 0.2) is 0 Å². The van der Waals surface area contributed by atoms with Crippen molar-refractivity contribution in [3.8, 4) is 17.2 Å². The van der Waals surface area contributed by atoms with E-state index >= 15 is 0 Å². The number of hydrogen-bond donors (Lipinski definition) is 2. The molecule has 1 amide bonds. The average molecular weight is 379 g/mol. The zero-order valence-electron chi connectivity index (χ0n) is 15.9. The van der Waals surface area contributed by atoms with Crippen LogP contribution in [0.5, 0.6) is 17.2 Å². The first-order chi connectivity index (χ1) is 13.6. The van der Waals surface area contributed by atoms with E-state index in [2.05, 4.69) is 15.6 Å². The van der Waals surface area contributed by atoms with Crippen LogP contribution >= 0.6 is 0 Å². The Morgan fingerprint density at radius 3 is 2.36 bits per heavy atom. The minimum absolute atomic E-state index is 0.289. The molecule has 7 nitrogen and oxygen atoms in total. The predicted octanol–water partition coefficient (Wildman–Crippen LogP) is 4.10. The van der Waals surface area contributed by atoms with E-state index in [9.17, 15) is 4.79 Å². The number of carbonyl (C=O) groups is 1. The van der Waals surface area contributed by atoms with Gasteiger partial charge in [-0.15, -0.1) is 0 Å². The second-order valence-electron chi connectivity index (χ2n) is 5.78. The van der Waals surface area contributed by atoms with Crippen LogP contribution in [-0.2, 0) is 0 Å². The van der Waals surface area contributed by atoms with Crippen molar-refractivity contribution < 1.29 is 19.0 Å². The Morgan fingerprint density at radius 2 is 1.68 bits per heavy atom. The Kier molecular flexibility index (Phi) is 5.96. The molecule has 0 aliphatic rings. The maximum Gasteiger partial charge on any atom is 0.260 e. The number of pyridine rings is 1. The van der Waals surface area contributed by atoms with Crippen LogP contribution in [0.3, 0.4) is 0 Å². The van der Waals surface area contributed by atoms with Crippen molar-refractivity contribution in [2.45, 2.75) is 0 Å². The van der Waals surface area contributed by atoms with Crippen molar-refractivity contribution in [2.24, 2.45) is 0 Å². The van der Waals surface area contributed by atoms with Gasteiger partial charge in [-0.05, 0) is 36.4 Å². The molecule has 0 bridgehead atoms. The first-order valence-corrected chi connectivity index (χ1v) is 8.54. The number of aromatic nitrogens is 1. The van der Waals surface area contributed by atoms with E-state index in [0.717, 1.165) is 11.4 Å². The molecule has 0 fully saturated rings. The van der Waals surface area contributed by atoms with Gasteiger partial charge in [0.2, 0.25) is 0 Å². The number of rotatable bonds is 7. The molecule has 0 aliphatic carbocycles. The summed E-state index contributed by atoms with van der Waals surface area (Å²) in [6, 6.07) is 16.0. The zero-order chi connectivity index (χ0) is 19.9. The maximum absolute atomic E-state index is 12.4. The first kappa shape index (κ1) is 19.0. The van der Waals surface area contributed by atoms with Gasteiger partial charge < -0.3 is 24.8 Å². The number of amides is 1. The molecule has 0 radical (unpaired) electrons. The standard InChI is InChI=1S/C21H21N3O4/c1-26-15-9-10-17(19(12-15)28-3)23-14-8-11-20(22-13-14)24-21(25)16-6-4-5-7-18(16)27-2/h4-13,23H,1-3H3,(H,22,24,25). The Labute approximate surface area is 163 Å². The SMILES string of the molecule is COc1ccc(Nc2ccc(NC(=O)c3ccccc3OC)nc2)c(OC)c1. The van der Waals surface area contributed by atoms with Gasteiger partial charge in [-0.25, -0.2) is 4.98 Å². The van der Waals surface area contributed by atoms with Crippen LogP contribution in [-0.4, -0.2) is 32.2 Å². The average Bonchev–Trinajstić information content (AvgIpc) is 2.75. The number of hydrogen-bond acceptors (Lipinski definition) is 6. The molecule has 144 valence electrons. The quantitative estimate of drug-likeness (QED) is 0.643. The molecular formula is C21H21N3O4. The molecule has 1 heterocycles. The summed E-state index contributed by atoms with van der Waals surface area (Å²) < 4.78 is 15.8. The zero-order valence-corrected chi connectivity index (χ0v) is 15.9. The highest BCUT2D eigenvalue weighted by Crippen LogP contribution is 2.31. The van der Waals surface area contributed by atoms with Crippen molar-refractivity contribution in [3.63, 3.8) is 0 Å². The molecule has 2 N–H and O–H groups in total. The number of ether oxygens (including phenoxy) is 3. The second kappa shape index (κ2) is 8.77. The lowest BCUT2D eigenvalue weighted by Gasteiger charge is -2.13. The Hall–Kier alpha value is -3.74. The molecule has 0 saturated heterocycles. The number of carbonyl (C=O) groups excluding carboxylic acids is 1. The van der Waals surface area contributed by atoms with E-state index in [0.29, 0.717) is 28.6 Å². The summed E-state index contributed by atoms with van der Waals surface area (Å²) >= 11 is 0. The van der Waals surface area contributed by atoms with E-state index < -0.39 is 0 Å². The molecule has 0 aliphatic heterocycles. The van der Waals surface area contributed by atoms with Gasteiger partial charge in [0.25, 0.3) is 5.91 Å². The Morgan fingerprint density at radius 1 is 0.893 bits per heavy atom. The smallest absolute Gasteiger partial charge is 0.260 e. The molecule has 7 heteroatoms. The normalized spacial score (nSPS) is 10.1. The lowest BCUT2D eigenvalue weighted by Crippen LogP contribution is -2.14.